The lowest BCUT2D eigenvalue weighted by atomic mass is 10.0. The number of likely N-dealkylation sites (tertiary alicyclic amines) is 1. The minimum absolute atomic E-state index is 0.177. The predicted octanol–water partition coefficient (Wildman–Crippen LogP) is 2.01. The zero-order valence-corrected chi connectivity index (χ0v) is 12.2. The highest BCUT2D eigenvalue weighted by Crippen LogP contribution is 2.21. The van der Waals surface area contributed by atoms with Crippen molar-refractivity contribution in [2.45, 2.75) is 25.3 Å². The van der Waals surface area contributed by atoms with Gasteiger partial charge in [-0.25, -0.2) is 4.79 Å². The van der Waals surface area contributed by atoms with Gasteiger partial charge in [0.1, 0.15) is 6.04 Å². The number of rotatable bonds is 2. The van der Waals surface area contributed by atoms with E-state index in [1.807, 2.05) is 0 Å². The Bertz CT molecular complexity index is 493. The second-order valence-corrected chi connectivity index (χ2v) is 5.34. The minimum Gasteiger partial charge on any atom is -0.467 e. The number of piperidine rings is 1. The average molecular weight is 327 g/mol. The molecule has 0 bridgehead atoms. The van der Waals surface area contributed by atoms with Crippen LogP contribution in [0, 0.1) is 0 Å². The number of aromatic nitrogens is 1. The number of halogens is 1. The van der Waals surface area contributed by atoms with Gasteiger partial charge < -0.3 is 9.64 Å². The van der Waals surface area contributed by atoms with Gasteiger partial charge in [-0.05, 0) is 41.3 Å². The van der Waals surface area contributed by atoms with Crippen LogP contribution in [0.15, 0.2) is 22.9 Å². The Kier molecular flexibility index (Phi) is 4.52. The van der Waals surface area contributed by atoms with E-state index >= 15 is 0 Å². The monoisotopic (exact) mass is 326 g/mol. The van der Waals surface area contributed by atoms with Gasteiger partial charge in [-0.15, -0.1) is 0 Å². The van der Waals surface area contributed by atoms with Crippen molar-refractivity contribution in [3.8, 4) is 0 Å². The molecule has 6 heteroatoms. The molecule has 0 aromatic carbocycles. The maximum atomic E-state index is 12.4. The van der Waals surface area contributed by atoms with E-state index in [0.29, 0.717) is 18.5 Å². The maximum Gasteiger partial charge on any atom is 0.328 e. The lowest BCUT2D eigenvalue weighted by Crippen LogP contribution is -2.48. The molecule has 1 saturated heterocycles. The summed E-state index contributed by atoms with van der Waals surface area (Å²) in [5.74, 6) is -0.528. The molecule has 1 unspecified atom stereocenters. The number of nitrogens with zero attached hydrogens (tertiary/aromatic N) is 2. The molecule has 2 rings (SSSR count). The van der Waals surface area contributed by atoms with Crippen molar-refractivity contribution >= 4 is 27.8 Å². The quantitative estimate of drug-likeness (QED) is 0.780. The fourth-order valence-corrected chi connectivity index (χ4v) is 2.62. The Morgan fingerprint density at radius 2 is 2.21 bits per heavy atom. The second kappa shape index (κ2) is 6.14. The van der Waals surface area contributed by atoms with E-state index in [1.54, 1.807) is 17.2 Å². The minimum atomic E-state index is -0.481. The summed E-state index contributed by atoms with van der Waals surface area (Å²) in [5.41, 5.74) is 0.477. The summed E-state index contributed by atoms with van der Waals surface area (Å²) < 4.78 is 5.51. The Balaban J connectivity index is 2.22. The molecule has 0 radical (unpaired) electrons. The van der Waals surface area contributed by atoms with Crippen molar-refractivity contribution < 1.29 is 14.3 Å². The van der Waals surface area contributed by atoms with Crippen molar-refractivity contribution in [1.29, 1.82) is 0 Å². The summed E-state index contributed by atoms with van der Waals surface area (Å²) in [6, 6.07) is 1.23. The summed E-state index contributed by atoms with van der Waals surface area (Å²) in [6.07, 6.45) is 5.61. The molecule has 1 aromatic heterocycles. The third kappa shape index (κ3) is 3.12. The Hall–Kier alpha value is -1.43. The second-order valence-electron chi connectivity index (χ2n) is 4.43. The number of hydrogen-bond donors (Lipinski definition) is 0. The van der Waals surface area contributed by atoms with Crippen molar-refractivity contribution in [3.05, 3.63) is 28.5 Å². The molecule has 5 nitrogen and oxygen atoms in total. The van der Waals surface area contributed by atoms with Gasteiger partial charge in [-0.3, -0.25) is 9.78 Å². The Morgan fingerprint density at radius 3 is 2.89 bits per heavy atom. The van der Waals surface area contributed by atoms with E-state index in [-0.39, 0.29) is 11.9 Å². The first-order valence-electron chi connectivity index (χ1n) is 6.13. The van der Waals surface area contributed by atoms with Crippen LogP contribution in [-0.2, 0) is 9.53 Å². The molecule has 1 fully saturated rings. The number of esters is 1. The van der Waals surface area contributed by atoms with Gasteiger partial charge in [-0.2, -0.15) is 0 Å². The third-order valence-corrected chi connectivity index (χ3v) is 3.62. The highest BCUT2D eigenvalue weighted by atomic mass is 79.9. The van der Waals surface area contributed by atoms with Gasteiger partial charge in [0.2, 0.25) is 0 Å². The molecule has 19 heavy (non-hydrogen) atoms. The molecule has 2 heterocycles. The van der Waals surface area contributed by atoms with E-state index < -0.39 is 6.04 Å². The molecule has 1 aliphatic rings. The Labute approximate surface area is 120 Å². The van der Waals surface area contributed by atoms with E-state index in [0.717, 1.165) is 17.3 Å². The van der Waals surface area contributed by atoms with E-state index in [4.69, 9.17) is 4.74 Å². The van der Waals surface area contributed by atoms with Gasteiger partial charge in [0.05, 0.1) is 12.7 Å². The predicted molar refractivity (Wildman–Crippen MR) is 72.6 cm³/mol. The van der Waals surface area contributed by atoms with Crippen LogP contribution in [0.1, 0.15) is 29.6 Å². The molecule has 102 valence electrons. The molecule has 0 N–H and O–H groups in total. The number of carbonyl (C=O) groups is 2. The van der Waals surface area contributed by atoms with E-state index in [9.17, 15) is 9.59 Å². The first kappa shape index (κ1) is 14.0. The summed E-state index contributed by atoms with van der Waals surface area (Å²) in [5, 5.41) is 0. The summed E-state index contributed by atoms with van der Waals surface area (Å²) in [4.78, 5) is 29.7. The van der Waals surface area contributed by atoms with Crippen LogP contribution in [0.3, 0.4) is 0 Å². The Morgan fingerprint density at radius 1 is 1.42 bits per heavy atom. The smallest absolute Gasteiger partial charge is 0.328 e. The number of pyridine rings is 1. The van der Waals surface area contributed by atoms with Crippen molar-refractivity contribution in [2.75, 3.05) is 13.7 Å². The molecule has 1 amide bonds. The fraction of sp³-hybridized carbons (Fsp3) is 0.462. The molecule has 0 aliphatic carbocycles. The van der Waals surface area contributed by atoms with Gasteiger partial charge >= 0.3 is 5.97 Å². The third-order valence-electron chi connectivity index (χ3n) is 3.19. The normalized spacial score (nSPS) is 19.1. The zero-order chi connectivity index (χ0) is 13.8. The van der Waals surface area contributed by atoms with Crippen LogP contribution in [0.5, 0.6) is 0 Å². The highest BCUT2D eigenvalue weighted by Gasteiger charge is 2.33. The van der Waals surface area contributed by atoms with Crippen LogP contribution in [0.25, 0.3) is 0 Å². The van der Waals surface area contributed by atoms with Crippen LogP contribution >= 0.6 is 15.9 Å². The summed E-state index contributed by atoms with van der Waals surface area (Å²) >= 11 is 3.29. The largest absolute Gasteiger partial charge is 0.467 e. The van der Waals surface area contributed by atoms with Gasteiger partial charge in [0.15, 0.2) is 0 Å². The van der Waals surface area contributed by atoms with Crippen LogP contribution in [0.2, 0.25) is 0 Å². The number of methoxy groups -OCH3 is 1. The first-order chi connectivity index (χ1) is 9.13. The zero-order valence-electron chi connectivity index (χ0n) is 10.6. The maximum absolute atomic E-state index is 12.4. The van der Waals surface area contributed by atoms with E-state index in [2.05, 4.69) is 20.9 Å². The number of hydrogen-bond acceptors (Lipinski definition) is 4. The van der Waals surface area contributed by atoms with Gasteiger partial charge in [0.25, 0.3) is 5.91 Å². The highest BCUT2D eigenvalue weighted by molar-refractivity contribution is 9.10. The molecular formula is C13H15BrN2O3. The average Bonchev–Trinajstić information content (AvgIpc) is 2.45. The van der Waals surface area contributed by atoms with Crippen LogP contribution < -0.4 is 0 Å². The number of amides is 1. The molecule has 0 saturated carbocycles. The van der Waals surface area contributed by atoms with Gasteiger partial charge in [0, 0.05) is 23.4 Å². The molecule has 1 atom stereocenters. The van der Waals surface area contributed by atoms with Crippen molar-refractivity contribution in [2.24, 2.45) is 0 Å². The molecular weight excluding hydrogens is 312 g/mol. The lowest BCUT2D eigenvalue weighted by Gasteiger charge is -2.33. The fourth-order valence-electron chi connectivity index (χ4n) is 2.25. The SMILES string of the molecule is COC(=O)C1CCCCN1C(=O)c1cncc(Br)c1. The first-order valence-corrected chi connectivity index (χ1v) is 6.92. The topological polar surface area (TPSA) is 59.5 Å². The molecule has 0 spiro atoms. The molecule has 1 aliphatic heterocycles. The van der Waals surface area contributed by atoms with Crippen LogP contribution in [-0.4, -0.2) is 41.5 Å². The van der Waals surface area contributed by atoms with Crippen molar-refractivity contribution in [3.63, 3.8) is 0 Å². The number of carbonyl (C=O) groups excluding carboxylic acids is 2. The molecule has 1 aromatic rings. The number of ether oxygens (including phenoxy) is 1. The summed E-state index contributed by atoms with van der Waals surface area (Å²) in [6.45, 7) is 0.575. The van der Waals surface area contributed by atoms with Gasteiger partial charge in [-0.1, -0.05) is 0 Å². The standard InChI is InChI=1S/C13H15BrN2O3/c1-19-13(18)11-4-2-3-5-16(11)12(17)9-6-10(14)8-15-7-9/h6-8,11H,2-5H2,1H3. The van der Waals surface area contributed by atoms with E-state index in [1.165, 1.54) is 13.3 Å². The van der Waals surface area contributed by atoms with Crippen molar-refractivity contribution in [1.82, 2.24) is 9.88 Å². The lowest BCUT2D eigenvalue weighted by molar-refractivity contribution is -0.147. The van der Waals surface area contributed by atoms with Crippen LogP contribution in [0.4, 0.5) is 0 Å². The summed E-state index contributed by atoms with van der Waals surface area (Å²) in [7, 11) is 1.35.